The van der Waals surface area contributed by atoms with E-state index in [4.69, 9.17) is 0 Å². The van der Waals surface area contributed by atoms with Gasteiger partial charge in [0, 0.05) is 39.1 Å². The highest BCUT2D eigenvalue weighted by Gasteiger charge is 2.23. The second-order valence-electron chi connectivity index (χ2n) is 4.90. The van der Waals surface area contributed by atoms with Crippen LogP contribution in [0.5, 0.6) is 0 Å². The van der Waals surface area contributed by atoms with E-state index in [1.165, 1.54) is 0 Å². The molecule has 0 saturated carbocycles. The number of carbonyl (C=O) groups is 2. The van der Waals surface area contributed by atoms with E-state index in [1.807, 2.05) is 16.8 Å². The summed E-state index contributed by atoms with van der Waals surface area (Å²) < 4.78 is 0. The lowest BCUT2D eigenvalue weighted by Crippen LogP contribution is -2.52. The molecule has 98 valence electrons. The van der Waals surface area contributed by atoms with Crippen molar-refractivity contribution in [2.45, 2.75) is 26.8 Å². The summed E-state index contributed by atoms with van der Waals surface area (Å²) in [5, 5.41) is 0. The predicted octanol–water partition coefficient (Wildman–Crippen LogP) is 0.0173. The molecule has 0 bridgehead atoms. The normalized spacial score (nSPS) is 16.8. The van der Waals surface area contributed by atoms with Gasteiger partial charge in [0.25, 0.3) is 0 Å². The highest BCUT2D eigenvalue weighted by atomic mass is 16.2. The molecule has 1 heterocycles. The van der Waals surface area contributed by atoms with Gasteiger partial charge in [-0.15, -0.1) is 0 Å². The molecule has 0 aromatic carbocycles. The lowest BCUT2D eigenvalue weighted by atomic mass is 10.3. The number of hydrogen-bond donors (Lipinski definition) is 0. The first-order chi connectivity index (χ1) is 7.91. The summed E-state index contributed by atoms with van der Waals surface area (Å²) >= 11 is 0. The molecule has 1 saturated heterocycles. The van der Waals surface area contributed by atoms with Gasteiger partial charge in [-0.05, 0) is 20.9 Å². The Morgan fingerprint density at radius 3 is 2.00 bits per heavy atom. The van der Waals surface area contributed by atoms with Crippen molar-refractivity contribution >= 4 is 11.8 Å². The van der Waals surface area contributed by atoms with Gasteiger partial charge in [0.2, 0.25) is 11.8 Å². The average molecular weight is 241 g/mol. The molecule has 0 aliphatic carbocycles. The molecule has 2 amide bonds. The Morgan fingerprint density at radius 1 is 1.12 bits per heavy atom. The lowest BCUT2D eigenvalue weighted by Gasteiger charge is -2.35. The van der Waals surface area contributed by atoms with Crippen LogP contribution in [-0.2, 0) is 9.59 Å². The van der Waals surface area contributed by atoms with Crippen molar-refractivity contribution in [2.24, 2.45) is 0 Å². The number of likely N-dealkylation sites (N-methyl/N-ethyl adjacent to an activating group) is 1. The molecule has 0 unspecified atom stereocenters. The van der Waals surface area contributed by atoms with Crippen LogP contribution in [0.3, 0.4) is 0 Å². The largest absolute Gasteiger partial charge is 0.339 e. The zero-order valence-corrected chi connectivity index (χ0v) is 11.3. The van der Waals surface area contributed by atoms with Crippen molar-refractivity contribution in [3.63, 3.8) is 0 Å². The second-order valence-corrected chi connectivity index (χ2v) is 4.90. The summed E-state index contributed by atoms with van der Waals surface area (Å²) in [6.07, 6.45) is 0. The van der Waals surface area contributed by atoms with Crippen molar-refractivity contribution in [2.75, 3.05) is 39.8 Å². The molecular formula is C12H23N3O2. The highest BCUT2D eigenvalue weighted by molar-refractivity contribution is 5.79. The zero-order valence-electron chi connectivity index (χ0n) is 11.3. The minimum Gasteiger partial charge on any atom is -0.339 e. The molecule has 1 aliphatic rings. The van der Waals surface area contributed by atoms with Crippen LogP contribution < -0.4 is 0 Å². The number of carbonyl (C=O) groups excluding carboxylic acids is 2. The SMILES string of the molecule is CC(=O)N1CCN(C(=O)CN(C)C(C)C)CC1. The minimum atomic E-state index is 0.0939. The summed E-state index contributed by atoms with van der Waals surface area (Å²) in [7, 11) is 1.95. The van der Waals surface area contributed by atoms with Crippen LogP contribution in [0.4, 0.5) is 0 Å². The average Bonchev–Trinajstić information content (AvgIpc) is 2.28. The minimum absolute atomic E-state index is 0.0939. The Kier molecular flexibility index (Phi) is 4.93. The van der Waals surface area contributed by atoms with Gasteiger partial charge >= 0.3 is 0 Å². The quantitative estimate of drug-likeness (QED) is 0.699. The van der Waals surface area contributed by atoms with Crippen LogP contribution in [0.15, 0.2) is 0 Å². The van der Waals surface area contributed by atoms with Crippen molar-refractivity contribution in [1.29, 1.82) is 0 Å². The molecule has 1 fully saturated rings. The molecule has 1 aliphatic heterocycles. The molecule has 0 atom stereocenters. The van der Waals surface area contributed by atoms with Crippen LogP contribution in [0, 0.1) is 0 Å². The van der Waals surface area contributed by atoms with Crippen LogP contribution in [0.2, 0.25) is 0 Å². The van der Waals surface area contributed by atoms with Crippen LogP contribution in [-0.4, -0.2) is 72.3 Å². The molecule has 0 radical (unpaired) electrons. The number of rotatable bonds is 3. The number of nitrogens with zero attached hydrogens (tertiary/aromatic N) is 3. The Hall–Kier alpha value is -1.10. The van der Waals surface area contributed by atoms with Crippen LogP contribution >= 0.6 is 0 Å². The first-order valence-corrected chi connectivity index (χ1v) is 6.15. The van der Waals surface area contributed by atoms with E-state index in [0.717, 1.165) is 0 Å². The molecule has 5 nitrogen and oxygen atoms in total. The van der Waals surface area contributed by atoms with Gasteiger partial charge in [-0.1, -0.05) is 0 Å². The maximum atomic E-state index is 12.0. The van der Waals surface area contributed by atoms with Gasteiger partial charge in [-0.2, -0.15) is 0 Å². The molecule has 0 spiro atoms. The fourth-order valence-electron chi connectivity index (χ4n) is 1.77. The topological polar surface area (TPSA) is 43.9 Å². The van der Waals surface area contributed by atoms with Gasteiger partial charge in [0.1, 0.15) is 0 Å². The van der Waals surface area contributed by atoms with Gasteiger partial charge in [0.05, 0.1) is 6.54 Å². The standard InChI is InChI=1S/C12H23N3O2/c1-10(2)13(4)9-12(17)15-7-5-14(6-8-15)11(3)16/h10H,5-9H2,1-4H3. The van der Waals surface area contributed by atoms with E-state index in [-0.39, 0.29) is 11.8 Å². The number of amides is 2. The summed E-state index contributed by atoms with van der Waals surface area (Å²) in [6.45, 7) is 8.80. The van der Waals surface area contributed by atoms with Gasteiger partial charge in [-0.25, -0.2) is 0 Å². The Morgan fingerprint density at radius 2 is 1.59 bits per heavy atom. The summed E-state index contributed by atoms with van der Waals surface area (Å²) in [6, 6.07) is 0.373. The Balaban J connectivity index is 2.38. The summed E-state index contributed by atoms with van der Waals surface area (Å²) in [5.74, 6) is 0.251. The Labute approximate surface area is 103 Å². The highest BCUT2D eigenvalue weighted by Crippen LogP contribution is 2.04. The Bertz CT molecular complexity index is 283. The van der Waals surface area contributed by atoms with Crippen LogP contribution in [0.25, 0.3) is 0 Å². The fraction of sp³-hybridized carbons (Fsp3) is 0.833. The number of hydrogen-bond acceptors (Lipinski definition) is 3. The second kappa shape index (κ2) is 6.00. The molecule has 0 N–H and O–H groups in total. The summed E-state index contributed by atoms with van der Waals surface area (Å²) in [4.78, 5) is 28.8. The monoisotopic (exact) mass is 241 g/mol. The molecule has 5 heteroatoms. The van der Waals surface area contributed by atoms with Gasteiger partial charge in [0.15, 0.2) is 0 Å². The van der Waals surface area contributed by atoms with Crippen molar-refractivity contribution in [3.8, 4) is 0 Å². The van der Waals surface area contributed by atoms with Crippen molar-refractivity contribution < 1.29 is 9.59 Å². The van der Waals surface area contributed by atoms with E-state index < -0.39 is 0 Å². The molecule has 0 aromatic heterocycles. The first kappa shape index (κ1) is 14.0. The van der Waals surface area contributed by atoms with Gasteiger partial charge in [-0.3, -0.25) is 14.5 Å². The van der Waals surface area contributed by atoms with E-state index in [2.05, 4.69) is 13.8 Å². The molecule has 0 aromatic rings. The van der Waals surface area contributed by atoms with Gasteiger partial charge < -0.3 is 9.80 Å². The maximum Gasteiger partial charge on any atom is 0.236 e. The van der Waals surface area contributed by atoms with Crippen molar-refractivity contribution in [3.05, 3.63) is 0 Å². The van der Waals surface area contributed by atoms with Crippen LogP contribution in [0.1, 0.15) is 20.8 Å². The fourth-order valence-corrected chi connectivity index (χ4v) is 1.77. The third kappa shape index (κ3) is 4.00. The molecule has 17 heavy (non-hydrogen) atoms. The lowest BCUT2D eigenvalue weighted by molar-refractivity contribution is -0.139. The third-order valence-corrected chi connectivity index (χ3v) is 3.34. The maximum absolute atomic E-state index is 12.0. The van der Waals surface area contributed by atoms with E-state index in [1.54, 1.807) is 11.8 Å². The summed E-state index contributed by atoms with van der Waals surface area (Å²) in [5.41, 5.74) is 0. The zero-order chi connectivity index (χ0) is 13.0. The smallest absolute Gasteiger partial charge is 0.236 e. The van der Waals surface area contributed by atoms with E-state index in [9.17, 15) is 9.59 Å². The number of piperazine rings is 1. The molecule has 1 rings (SSSR count). The van der Waals surface area contributed by atoms with E-state index in [0.29, 0.717) is 38.8 Å². The van der Waals surface area contributed by atoms with Crippen molar-refractivity contribution in [1.82, 2.24) is 14.7 Å². The third-order valence-electron chi connectivity index (χ3n) is 3.34. The molecular weight excluding hydrogens is 218 g/mol. The predicted molar refractivity (Wildman–Crippen MR) is 66.6 cm³/mol. The first-order valence-electron chi connectivity index (χ1n) is 6.15. The van der Waals surface area contributed by atoms with E-state index >= 15 is 0 Å².